The topological polar surface area (TPSA) is 55.8 Å². The van der Waals surface area contributed by atoms with Crippen LogP contribution in [0.4, 0.5) is 0 Å². The Morgan fingerprint density at radius 2 is 1.96 bits per heavy atom. The third-order valence-electron chi connectivity index (χ3n) is 5.01. The second-order valence-electron chi connectivity index (χ2n) is 6.67. The van der Waals surface area contributed by atoms with Crippen molar-refractivity contribution in [2.75, 3.05) is 26.8 Å². The molecule has 5 nitrogen and oxygen atoms in total. The normalized spacial score (nSPS) is 19.1. The second kappa shape index (κ2) is 9.04. The maximum atomic E-state index is 12.7. The highest BCUT2D eigenvalue weighted by Crippen LogP contribution is 2.35. The van der Waals surface area contributed by atoms with Gasteiger partial charge in [0.25, 0.3) is 0 Å². The van der Waals surface area contributed by atoms with Gasteiger partial charge in [0.2, 0.25) is 5.91 Å². The van der Waals surface area contributed by atoms with E-state index < -0.39 is 0 Å². The van der Waals surface area contributed by atoms with Crippen molar-refractivity contribution in [2.24, 2.45) is 5.92 Å². The quantitative estimate of drug-likeness (QED) is 0.683. The predicted molar refractivity (Wildman–Crippen MR) is 105 cm³/mol. The monoisotopic (exact) mass is 387 g/mol. The number of thiophene rings is 1. The Hall–Kier alpha value is -2.34. The van der Waals surface area contributed by atoms with Crippen LogP contribution in [0, 0.1) is 5.92 Å². The summed E-state index contributed by atoms with van der Waals surface area (Å²) < 4.78 is 10.4. The van der Waals surface area contributed by atoms with Crippen LogP contribution in [0.2, 0.25) is 0 Å². The first kappa shape index (κ1) is 19.4. The van der Waals surface area contributed by atoms with E-state index in [9.17, 15) is 9.59 Å². The fraction of sp³-hybridized carbons (Fsp3) is 0.429. The summed E-state index contributed by atoms with van der Waals surface area (Å²) in [6.07, 6.45) is 1.10. The summed E-state index contributed by atoms with van der Waals surface area (Å²) in [6.45, 7) is 3.58. The van der Waals surface area contributed by atoms with Crippen LogP contribution in [0.15, 0.2) is 41.1 Å². The molecule has 2 atom stereocenters. The molecule has 1 aromatic carbocycles. The van der Waals surface area contributed by atoms with Crippen LogP contribution in [0.1, 0.15) is 30.4 Å². The minimum Gasteiger partial charge on any atom is -0.494 e. The summed E-state index contributed by atoms with van der Waals surface area (Å²) in [5.74, 6) is 0.396. The van der Waals surface area contributed by atoms with Gasteiger partial charge in [-0.2, -0.15) is 11.3 Å². The SMILES string of the molecule is CCOc1ccc(CCC(=O)N2C[C@H](C(=O)OC)[C@@H](c3ccsc3)C2)cc1. The van der Waals surface area contributed by atoms with Gasteiger partial charge in [0.05, 0.1) is 19.6 Å². The van der Waals surface area contributed by atoms with E-state index in [1.165, 1.54) is 7.11 Å². The molecule has 3 rings (SSSR count). The molecule has 0 saturated carbocycles. The third kappa shape index (κ3) is 4.69. The summed E-state index contributed by atoms with van der Waals surface area (Å²) in [6, 6.07) is 9.87. The average Bonchev–Trinajstić information content (AvgIpc) is 3.36. The Morgan fingerprint density at radius 1 is 1.19 bits per heavy atom. The summed E-state index contributed by atoms with van der Waals surface area (Å²) >= 11 is 1.60. The molecule has 1 amide bonds. The molecule has 0 radical (unpaired) electrons. The lowest BCUT2D eigenvalue weighted by atomic mass is 9.91. The van der Waals surface area contributed by atoms with Gasteiger partial charge in [-0.15, -0.1) is 0 Å². The van der Waals surface area contributed by atoms with Crippen molar-refractivity contribution in [3.63, 3.8) is 0 Å². The first-order valence-electron chi connectivity index (χ1n) is 9.21. The van der Waals surface area contributed by atoms with Crippen molar-refractivity contribution >= 4 is 23.2 Å². The number of aryl methyl sites for hydroxylation is 1. The molecule has 1 aliphatic rings. The zero-order valence-corrected chi connectivity index (χ0v) is 16.5. The number of carbonyl (C=O) groups is 2. The fourth-order valence-electron chi connectivity index (χ4n) is 3.55. The molecule has 1 fully saturated rings. The highest BCUT2D eigenvalue weighted by Gasteiger charge is 2.40. The minimum absolute atomic E-state index is 0.0122. The van der Waals surface area contributed by atoms with Crippen LogP contribution in [0.5, 0.6) is 5.75 Å². The van der Waals surface area contributed by atoms with Crippen molar-refractivity contribution in [1.82, 2.24) is 4.90 Å². The van der Waals surface area contributed by atoms with Gasteiger partial charge in [-0.1, -0.05) is 12.1 Å². The van der Waals surface area contributed by atoms with E-state index in [0.717, 1.165) is 16.9 Å². The lowest BCUT2D eigenvalue weighted by Crippen LogP contribution is -2.30. The lowest BCUT2D eigenvalue weighted by molar-refractivity contribution is -0.145. The number of carbonyl (C=O) groups excluding carboxylic acids is 2. The smallest absolute Gasteiger partial charge is 0.311 e. The van der Waals surface area contributed by atoms with Gasteiger partial charge in [-0.3, -0.25) is 9.59 Å². The van der Waals surface area contributed by atoms with E-state index >= 15 is 0 Å². The van der Waals surface area contributed by atoms with Crippen LogP contribution in [0.3, 0.4) is 0 Å². The summed E-state index contributed by atoms with van der Waals surface area (Å²) in [5, 5.41) is 4.05. The van der Waals surface area contributed by atoms with Gasteiger partial charge in [-0.05, 0) is 53.4 Å². The molecule has 0 N–H and O–H groups in total. The molecular formula is C21H25NO4S. The maximum absolute atomic E-state index is 12.7. The van der Waals surface area contributed by atoms with Crippen molar-refractivity contribution in [3.05, 3.63) is 52.2 Å². The van der Waals surface area contributed by atoms with Crippen molar-refractivity contribution in [1.29, 1.82) is 0 Å². The molecular weight excluding hydrogens is 362 g/mol. The van der Waals surface area contributed by atoms with E-state index in [2.05, 4.69) is 5.38 Å². The van der Waals surface area contributed by atoms with E-state index in [-0.39, 0.29) is 23.7 Å². The van der Waals surface area contributed by atoms with Gasteiger partial charge in [0.1, 0.15) is 5.75 Å². The van der Waals surface area contributed by atoms with E-state index in [4.69, 9.17) is 9.47 Å². The number of hydrogen-bond acceptors (Lipinski definition) is 5. The number of esters is 1. The van der Waals surface area contributed by atoms with Crippen LogP contribution in [-0.2, 0) is 20.7 Å². The second-order valence-corrected chi connectivity index (χ2v) is 7.45. The highest BCUT2D eigenvalue weighted by atomic mass is 32.1. The summed E-state index contributed by atoms with van der Waals surface area (Å²) in [5.41, 5.74) is 2.21. The molecule has 144 valence electrons. The van der Waals surface area contributed by atoms with E-state index in [1.807, 2.05) is 42.6 Å². The number of benzene rings is 1. The molecule has 1 aromatic heterocycles. The number of rotatable bonds is 7. The third-order valence-corrected chi connectivity index (χ3v) is 5.71. The predicted octanol–water partition coefficient (Wildman–Crippen LogP) is 3.49. The molecule has 2 aromatic rings. The molecule has 0 aliphatic carbocycles. The number of amides is 1. The van der Waals surface area contributed by atoms with Crippen LogP contribution >= 0.6 is 11.3 Å². The highest BCUT2D eigenvalue weighted by molar-refractivity contribution is 7.08. The zero-order chi connectivity index (χ0) is 19.2. The number of ether oxygens (including phenoxy) is 2. The molecule has 1 saturated heterocycles. The first-order chi connectivity index (χ1) is 13.1. The Balaban J connectivity index is 1.60. The van der Waals surface area contributed by atoms with Gasteiger partial charge in [0, 0.05) is 25.4 Å². The summed E-state index contributed by atoms with van der Waals surface area (Å²) in [4.78, 5) is 26.7. The van der Waals surface area contributed by atoms with E-state index in [0.29, 0.717) is 32.5 Å². The number of likely N-dealkylation sites (tertiary alicyclic amines) is 1. The Bertz CT molecular complexity index is 757. The first-order valence-corrected chi connectivity index (χ1v) is 10.2. The van der Waals surface area contributed by atoms with E-state index in [1.54, 1.807) is 16.2 Å². The molecule has 0 spiro atoms. The number of hydrogen-bond donors (Lipinski definition) is 0. The number of nitrogens with zero attached hydrogens (tertiary/aromatic N) is 1. The van der Waals surface area contributed by atoms with Crippen LogP contribution < -0.4 is 4.74 Å². The van der Waals surface area contributed by atoms with Gasteiger partial charge < -0.3 is 14.4 Å². The van der Waals surface area contributed by atoms with Crippen molar-refractivity contribution in [2.45, 2.75) is 25.7 Å². The Kier molecular flexibility index (Phi) is 6.50. The molecule has 2 heterocycles. The van der Waals surface area contributed by atoms with Crippen LogP contribution in [0.25, 0.3) is 0 Å². The fourth-order valence-corrected chi connectivity index (χ4v) is 4.27. The molecule has 6 heteroatoms. The average molecular weight is 388 g/mol. The number of methoxy groups -OCH3 is 1. The van der Waals surface area contributed by atoms with Crippen molar-refractivity contribution < 1.29 is 19.1 Å². The minimum atomic E-state index is -0.293. The van der Waals surface area contributed by atoms with Gasteiger partial charge in [-0.25, -0.2) is 0 Å². The lowest BCUT2D eigenvalue weighted by Gasteiger charge is -2.16. The molecule has 27 heavy (non-hydrogen) atoms. The largest absolute Gasteiger partial charge is 0.494 e. The van der Waals surface area contributed by atoms with Gasteiger partial charge >= 0.3 is 5.97 Å². The molecule has 1 aliphatic heterocycles. The standard InChI is InChI=1S/C21H25NO4S/c1-3-26-17-7-4-15(5-8-17)6-9-20(23)22-12-18(16-10-11-27-14-16)19(13-22)21(24)25-2/h4-5,7-8,10-11,14,18-19H,3,6,9,12-13H2,1-2H3/t18-,19+/m1/s1. The zero-order valence-electron chi connectivity index (χ0n) is 15.7. The van der Waals surface area contributed by atoms with Crippen LogP contribution in [-0.4, -0.2) is 43.6 Å². The molecule has 0 bridgehead atoms. The summed E-state index contributed by atoms with van der Waals surface area (Å²) in [7, 11) is 1.41. The van der Waals surface area contributed by atoms with Gasteiger partial charge in [0.15, 0.2) is 0 Å². The molecule has 0 unspecified atom stereocenters. The Labute approximate surface area is 163 Å². The Morgan fingerprint density at radius 3 is 2.59 bits per heavy atom. The van der Waals surface area contributed by atoms with Crippen molar-refractivity contribution in [3.8, 4) is 5.75 Å². The maximum Gasteiger partial charge on any atom is 0.311 e.